The van der Waals surface area contributed by atoms with E-state index < -0.39 is 11.4 Å². The standard InChI is InChI=1S/C25H31FN6O2/c1-7-34-24(33)25(4,5)32-22-10-11-31(16(2)3)15-19(22)23(29-32)28-21-9-8-17(12-20(21)26)18-13-27-30(6)14-18/h8-9,12-14H,2,7,10-11,15H2,1,3-6H3,(H,28,29). The highest BCUT2D eigenvalue weighted by molar-refractivity contribution is 5.78. The summed E-state index contributed by atoms with van der Waals surface area (Å²) in [5.41, 5.74) is 3.67. The van der Waals surface area contributed by atoms with Crippen LogP contribution in [0.3, 0.4) is 0 Å². The number of nitrogens with one attached hydrogen (secondary N) is 1. The molecule has 0 aliphatic carbocycles. The highest BCUT2D eigenvalue weighted by Gasteiger charge is 2.38. The summed E-state index contributed by atoms with van der Waals surface area (Å²) < 4.78 is 23.8. The Hall–Kier alpha value is -3.62. The topological polar surface area (TPSA) is 77.2 Å². The summed E-state index contributed by atoms with van der Waals surface area (Å²) in [5, 5.41) is 12.1. The van der Waals surface area contributed by atoms with Crippen LogP contribution in [0.2, 0.25) is 0 Å². The van der Waals surface area contributed by atoms with Crippen molar-refractivity contribution in [3.8, 4) is 11.1 Å². The van der Waals surface area contributed by atoms with Gasteiger partial charge in [-0.05, 0) is 45.4 Å². The summed E-state index contributed by atoms with van der Waals surface area (Å²) >= 11 is 0. The predicted octanol–water partition coefficient (Wildman–Crippen LogP) is 4.36. The van der Waals surface area contributed by atoms with Gasteiger partial charge in [0.05, 0.1) is 18.5 Å². The Morgan fingerprint density at radius 1 is 1.32 bits per heavy atom. The molecule has 0 spiro atoms. The second-order valence-corrected chi connectivity index (χ2v) is 9.09. The zero-order chi connectivity index (χ0) is 24.6. The molecule has 180 valence electrons. The third-order valence-corrected chi connectivity index (χ3v) is 6.16. The van der Waals surface area contributed by atoms with E-state index in [2.05, 4.69) is 21.9 Å². The molecule has 0 saturated carbocycles. The van der Waals surface area contributed by atoms with E-state index in [4.69, 9.17) is 9.84 Å². The number of rotatable bonds is 7. The van der Waals surface area contributed by atoms with Crippen LogP contribution in [-0.4, -0.2) is 43.6 Å². The average Bonchev–Trinajstić information content (AvgIpc) is 3.39. The number of benzene rings is 1. The lowest BCUT2D eigenvalue weighted by Crippen LogP contribution is -2.40. The maximum Gasteiger partial charge on any atom is 0.333 e. The second-order valence-electron chi connectivity index (χ2n) is 9.09. The van der Waals surface area contributed by atoms with Crippen molar-refractivity contribution in [3.63, 3.8) is 0 Å². The van der Waals surface area contributed by atoms with Crippen LogP contribution in [0.4, 0.5) is 15.9 Å². The lowest BCUT2D eigenvalue weighted by molar-refractivity contribution is -0.152. The van der Waals surface area contributed by atoms with E-state index >= 15 is 4.39 Å². The molecule has 0 amide bonds. The summed E-state index contributed by atoms with van der Waals surface area (Å²) in [6.45, 7) is 13.0. The van der Waals surface area contributed by atoms with Crippen molar-refractivity contribution in [1.29, 1.82) is 0 Å². The number of carbonyl (C=O) groups is 1. The number of aryl methyl sites for hydroxylation is 1. The summed E-state index contributed by atoms with van der Waals surface area (Å²) in [6, 6.07) is 5.01. The number of aromatic nitrogens is 4. The van der Waals surface area contributed by atoms with Crippen molar-refractivity contribution >= 4 is 17.5 Å². The Balaban J connectivity index is 1.72. The maximum absolute atomic E-state index is 15.1. The predicted molar refractivity (Wildman–Crippen MR) is 129 cm³/mol. The minimum absolute atomic E-state index is 0.286. The Morgan fingerprint density at radius 3 is 2.71 bits per heavy atom. The third-order valence-electron chi connectivity index (χ3n) is 6.16. The van der Waals surface area contributed by atoms with Gasteiger partial charge in [-0.15, -0.1) is 0 Å². The second kappa shape index (κ2) is 8.96. The highest BCUT2D eigenvalue weighted by Crippen LogP contribution is 2.34. The van der Waals surface area contributed by atoms with E-state index in [1.807, 2.05) is 26.2 Å². The zero-order valence-corrected chi connectivity index (χ0v) is 20.4. The van der Waals surface area contributed by atoms with Crippen molar-refractivity contribution < 1.29 is 13.9 Å². The van der Waals surface area contributed by atoms with Gasteiger partial charge < -0.3 is 15.0 Å². The summed E-state index contributed by atoms with van der Waals surface area (Å²) in [7, 11) is 1.82. The first-order chi connectivity index (χ1) is 16.1. The smallest absolute Gasteiger partial charge is 0.333 e. The van der Waals surface area contributed by atoms with Gasteiger partial charge in [-0.3, -0.25) is 9.36 Å². The number of hydrogen-bond acceptors (Lipinski definition) is 6. The Bertz CT molecular complexity index is 1240. The molecule has 0 atom stereocenters. The Morgan fingerprint density at radius 2 is 2.09 bits per heavy atom. The van der Waals surface area contributed by atoms with E-state index in [0.29, 0.717) is 24.5 Å². The van der Waals surface area contributed by atoms with Gasteiger partial charge in [-0.25, -0.2) is 9.18 Å². The molecule has 8 nitrogen and oxygen atoms in total. The van der Waals surface area contributed by atoms with Gasteiger partial charge in [0.2, 0.25) is 0 Å². The molecule has 1 aliphatic rings. The van der Waals surface area contributed by atoms with Crippen LogP contribution in [0.15, 0.2) is 42.9 Å². The first-order valence-corrected chi connectivity index (χ1v) is 11.4. The van der Waals surface area contributed by atoms with Gasteiger partial charge in [-0.2, -0.15) is 10.2 Å². The largest absolute Gasteiger partial charge is 0.464 e. The van der Waals surface area contributed by atoms with Gasteiger partial charge >= 0.3 is 5.97 Å². The van der Waals surface area contributed by atoms with Crippen LogP contribution >= 0.6 is 0 Å². The van der Waals surface area contributed by atoms with Crippen LogP contribution < -0.4 is 5.32 Å². The van der Waals surface area contributed by atoms with E-state index in [-0.39, 0.29) is 12.6 Å². The van der Waals surface area contributed by atoms with Gasteiger partial charge in [0.15, 0.2) is 11.4 Å². The molecule has 0 bridgehead atoms. The van der Waals surface area contributed by atoms with Gasteiger partial charge in [0.1, 0.15) is 5.82 Å². The fourth-order valence-corrected chi connectivity index (χ4v) is 4.20. The normalized spacial score (nSPS) is 13.5. The molecule has 34 heavy (non-hydrogen) atoms. The zero-order valence-electron chi connectivity index (χ0n) is 20.4. The molecular weight excluding hydrogens is 435 g/mol. The molecular formula is C25H31FN6O2. The SMILES string of the molecule is C=C(C)N1CCc2c(c(Nc3ccc(-c4cnn(C)c4)cc3F)nn2C(C)(C)C(=O)OCC)C1. The minimum Gasteiger partial charge on any atom is -0.464 e. The van der Waals surface area contributed by atoms with Crippen LogP contribution in [0.1, 0.15) is 39.0 Å². The molecule has 3 aromatic rings. The van der Waals surface area contributed by atoms with Crippen LogP contribution in [0.5, 0.6) is 0 Å². The number of fused-ring (bicyclic) bond motifs is 1. The number of halogens is 1. The number of anilines is 2. The van der Waals surface area contributed by atoms with Gasteiger partial charge in [0, 0.05) is 55.3 Å². The van der Waals surface area contributed by atoms with Crippen LogP contribution in [0, 0.1) is 5.82 Å². The molecule has 0 fully saturated rings. The molecule has 2 aromatic heterocycles. The number of nitrogens with zero attached hydrogens (tertiary/aromatic N) is 5. The average molecular weight is 467 g/mol. The molecule has 9 heteroatoms. The van der Waals surface area contributed by atoms with Crippen LogP contribution in [-0.2, 0) is 35.1 Å². The molecule has 0 radical (unpaired) electrons. The molecule has 0 saturated heterocycles. The molecule has 1 N–H and O–H groups in total. The number of hydrogen-bond donors (Lipinski definition) is 1. The first kappa shape index (κ1) is 23.5. The lowest BCUT2D eigenvalue weighted by atomic mass is 10.0. The molecule has 4 rings (SSSR count). The lowest BCUT2D eigenvalue weighted by Gasteiger charge is -2.32. The van der Waals surface area contributed by atoms with E-state index in [1.165, 1.54) is 6.07 Å². The quantitative estimate of drug-likeness (QED) is 0.522. The van der Waals surface area contributed by atoms with Crippen molar-refractivity contribution in [2.24, 2.45) is 7.05 Å². The number of ether oxygens (including phenoxy) is 1. The fourth-order valence-electron chi connectivity index (χ4n) is 4.20. The minimum atomic E-state index is -1.01. The summed E-state index contributed by atoms with van der Waals surface area (Å²) in [5.74, 6) is -0.241. The van der Waals surface area contributed by atoms with E-state index in [9.17, 15) is 4.79 Å². The van der Waals surface area contributed by atoms with Crippen molar-refractivity contribution in [3.05, 3.63) is 59.9 Å². The molecule has 3 heterocycles. The molecule has 0 unspecified atom stereocenters. The number of allylic oxidation sites excluding steroid dienone is 1. The highest BCUT2D eigenvalue weighted by atomic mass is 19.1. The molecule has 1 aromatic carbocycles. The number of esters is 1. The Labute approximate surface area is 199 Å². The van der Waals surface area contributed by atoms with Gasteiger partial charge in [0.25, 0.3) is 0 Å². The maximum atomic E-state index is 15.1. The van der Waals surface area contributed by atoms with E-state index in [0.717, 1.165) is 34.6 Å². The van der Waals surface area contributed by atoms with Crippen molar-refractivity contribution in [2.75, 3.05) is 18.5 Å². The number of carbonyl (C=O) groups excluding carboxylic acids is 1. The monoisotopic (exact) mass is 466 g/mol. The van der Waals surface area contributed by atoms with Crippen molar-refractivity contribution in [2.45, 2.75) is 46.2 Å². The van der Waals surface area contributed by atoms with E-state index in [1.54, 1.807) is 42.4 Å². The third kappa shape index (κ3) is 4.30. The van der Waals surface area contributed by atoms with Gasteiger partial charge in [-0.1, -0.05) is 12.6 Å². The van der Waals surface area contributed by atoms with Crippen LogP contribution in [0.25, 0.3) is 11.1 Å². The summed E-state index contributed by atoms with van der Waals surface area (Å²) in [6.07, 6.45) is 4.22. The summed E-state index contributed by atoms with van der Waals surface area (Å²) in [4.78, 5) is 14.9. The molecule has 1 aliphatic heterocycles. The van der Waals surface area contributed by atoms with Crippen molar-refractivity contribution in [1.82, 2.24) is 24.5 Å². The Kier molecular flexibility index (Phi) is 6.20. The fraction of sp³-hybridized carbons (Fsp3) is 0.400. The first-order valence-electron chi connectivity index (χ1n) is 11.4.